The lowest BCUT2D eigenvalue weighted by Crippen LogP contribution is -2.27. The molecule has 126 valence electrons. The number of carbonyl (C=O) groups excluding carboxylic acids is 1. The minimum atomic E-state index is -0.0120. The van der Waals surface area contributed by atoms with E-state index in [0.29, 0.717) is 0 Å². The molecule has 1 atom stereocenters. The third-order valence-corrected chi connectivity index (χ3v) is 5.25. The van der Waals surface area contributed by atoms with E-state index in [2.05, 4.69) is 30.4 Å². The number of aryl methyl sites for hydroxylation is 2. The molecular formula is C23H23NO. The van der Waals surface area contributed by atoms with Crippen LogP contribution in [0.4, 0.5) is 0 Å². The molecule has 4 rings (SSSR count). The van der Waals surface area contributed by atoms with E-state index in [1.54, 1.807) is 0 Å². The summed E-state index contributed by atoms with van der Waals surface area (Å²) in [6.45, 7) is 2.06. The topological polar surface area (TPSA) is 29.1 Å². The Hall–Kier alpha value is -2.61. The molecule has 0 unspecified atom stereocenters. The average molecular weight is 329 g/mol. The molecule has 0 saturated carbocycles. The van der Waals surface area contributed by atoms with E-state index in [9.17, 15) is 4.79 Å². The highest BCUT2D eigenvalue weighted by Gasteiger charge is 2.16. The van der Waals surface area contributed by atoms with Crippen molar-refractivity contribution in [2.45, 2.75) is 38.6 Å². The first-order chi connectivity index (χ1) is 12.2. The number of nitrogens with one attached hydrogen (secondary N) is 1. The van der Waals surface area contributed by atoms with Crippen molar-refractivity contribution in [2.24, 2.45) is 0 Å². The van der Waals surface area contributed by atoms with Crippen LogP contribution in [0, 0.1) is 0 Å². The summed E-state index contributed by atoms with van der Waals surface area (Å²) < 4.78 is 0. The molecule has 0 heterocycles. The van der Waals surface area contributed by atoms with E-state index in [1.165, 1.54) is 36.0 Å². The zero-order valence-electron chi connectivity index (χ0n) is 14.6. The van der Waals surface area contributed by atoms with Gasteiger partial charge < -0.3 is 5.32 Å². The quantitative estimate of drug-likeness (QED) is 0.702. The van der Waals surface area contributed by atoms with Crippen LogP contribution >= 0.6 is 0 Å². The fourth-order valence-electron chi connectivity index (χ4n) is 3.80. The highest BCUT2D eigenvalue weighted by molar-refractivity contribution is 6.07. The Labute approximate surface area is 148 Å². The van der Waals surface area contributed by atoms with Gasteiger partial charge in [-0.3, -0.25) is 4.79 Å². The van der Waals surface area contributed by atoms with E-state index in [4.69, 9.17) is 0 Å². The molecule has 2 heteroatoms. The van der Waals surface area contributed by atoms with Gasteiger partial charge in [-0.1, -0.05) is 54.6 Å². The molecule has 0 bridgehead atoms. The van der Waals surface area contributed by atoms with E-state index in [0.717, 1.165) is 22.8 Å². The predicted molar refractivity (Wildman–Crippen MR) is 103 cm³/mol. The first-order valence-electron chi connectivity index (χ1n) is 9.13. The summed E-state index contributed by atoms with van der Waals surface area (Å²) in [6, 6.07) is 20.6. The molecule has 0 radical (unpaired) electrons. The zero-order chi connectivity index (χ0) is 17.2. The van der Waals surface area contributed by atoms with E-state index in [1.807, 2.05) is 42.5 Å². The van der Waals surface area contributed by atoms with Crippen LogP contribution in [-0.4, -0.2) is 5.91 Å². The monoisotopic (exact) mass is 329 g/mol. The average Bonchev–Trinajstić information content (AvgIpc) is 2.67. The zero-order valence-corrected chi connectivity index (χ0v) is 14.6. The highest BCUT2D eigenvalue weighted by atomic mass is 16.1. The molecule has 0 saturated heterocycles. The molecule has 1 N–H and O–H groups in total. The maximum absolute atomic E-state index is 12.8. The summed E-state index contributed by atoms with van der Waals surface area (Å²) >= 11 is 0. The lowest BCUT2D eigenvalue weighted by Gasteiger charge is -2.20. The number of hydrogen-bond acceptors (Lipinski definition) is 1. The third kappa shape index (κ3) is 3.17. The maximum atomic E-state index is 12.8. The molecule has 2 nitrogen and oxygen atoms in total. The largest absolute Gasteiger partial charge is 0.345 e. The Bertz CT molecular complexity index is 923. The van der Waals surface area contributed by atoms with Gasteiger partial charge in [0.15, 0.2) is 0 Å². The van der Waals surface area contributed by atoms with Gasteiger partial charge in [-0.25, -0.2) is 0 Å². The molecule has 25 heavy (non-hydrogen) atoms. The van der Waals surface area contributed by atoms with Gasteiger partial charge in [0.1, 0.15) is 0 Å². The standard InChI is InChI=1S/C23H23NO/c1-16(19-14-13-17-7-2-3-9-20(17)15-19)24-23(25)22-12-6-10-18-8-4-5-11-21(18)22/h4-6,8,10-16H,2-3,7,9H2,1H3,(H,24,25)/t16-/m0/s1. The van der Waals surface area contributed by atoms with E-state index in [-0.39, 0.29) is 11.9 Å². The van der Waals surface area contributed by atoms with Crippen molar-refractivity contribution in [1.82, 2.24) is 5.32 Å². The Balaban J connectivity index is 1.58. The SMILES string of the molecule is C[C@H](NC(=O)c1cccc2ccccc12)c1ccc2c(c1)CCCC2. The van der Waals surface area contributed by atoms with Crippen LogP contribution in [0.15, 0.2) is 60.7 Å². The van der Waals surface area contributed by atoms with Crippen molar-refractivity contribution in [2.75, 3.05) is 0 Å². The second-order valence-electron chi connectivity index (χ2n) is 6.96. The molecule has 1 aliphatic rings. The van der Waals surface area contributed by atoms with Crippen molar-refractivity contribution in [3.8, 4) is 0 Å². The van der Waals surface area contributed by atoms with Crippen LogP contribution in [0.25, 0.3) is 10.8 Å². The summed E-state index contributed by atoms with van der Waals surface area (Å²) in [7, 11) is 0. The van der Waals surface area contributed by atoms with Gasteiger partial charge in [-0.15, -0.1) is 0 Å². The van der Waals surface area contributed by atoms with Crippen LogP contribution in [-0.2, 0) is 12.8 Å². The number of benzene rings is 3. The summed E-state index contributed by atoms with van der Waals surface area (Å²) in [5, 5.41) is 5.27. The van der Waals surface area contributed by atoms with Crippen LogP contribution in [0.2, 0.25) is 0 Å². The highest BCUT2D eigenvalue weighted by Crippen LogP contribution is 2.25. The molecule has 3 aromatic carbocycles. The van der Waals surface area contributed by atoms with Gasteiger partial charge in [-0.05, 0) is 66.1 Å². The molecule has 3 aromatic rings. The van der Waals surface area contributed by atoms with Crippen molar-refractivity contribution < 1.29 is 4.79 Å². The Kier molecular flexibility index (Phi) is 4.27. The molecule has 1 amide bonds. The molecule has 0 fully saturated rings. The van der Waals surface area contributed by atoms with Gasteiger partial charge in [-0.2, -0.15) is 0 Å². The number of hydrogen-bond donors (Lipinski definition) is 1. The van der Waals surface area contributed by atoms with Crippen LogP contribution in [0.1, 0.15) is 52.9 Å². The normalized spacial score (nSPS) is 14.8. The molecule has 0 aromatic heterocycles. The summed E-state index contributed by atoms with van der Waals surface area (Å²) in [4.78, 5) is 12.8. The maximum Gasteiger partial charge on any atom is 0.252 e. The smallest absolute Gasteiger partial charge is 0.252 e. The third-order valence-electron chi connectivity index (χ3n) is 5.25. The second kappa shape index (κ2) is 6.72. The number of rotatable bonds is 3. The molecule has 1 aliphatic carbocycles. The van der Waals surface area contributed by atoms with Crippen molar-refractivity contribution in [3.05, 3.63) is 82.9 Å². The van der Waals surface area contributed by atoms with Gasteiger partial charge >= 0.3 is 0 Å². The van der Waals surface area contributed by atoms with Gasteiger partial charge in [0.2, 0.25) is 0 Å². The Morgan fingerprint density at radius 1 is 0.920 bits per heavy atom. The Morgan fingerprint density at radius 3 is 2.56 bits per heavy atom. The number of amides is 1. The second-order valence-corrected chi connectivity index (χ2v) is 6.96. The Morgan fingerprint density at radius 2 is 1.68 bits per heavy atom. The van der Waals surface area contributed by atoms with Crippen molar-refractivity contribution in [1.29, 1.82) is 0 Å². The van der Waals surface area contributed by atoms with Gasteiger partial charge in [0.05, 0.1) is 6.04 Å². The van der Waals surface area contributed by atoms with Gasteiger partial charge in [0.25, 0.3) is 5.91 Å². The fourth-order valence-corrected chi connectivity index (χ4v) is 3.80. The van der Waals surface area contributed by atoms with E-state index >= 15 is 0 Å². The predicted octanol–water partition coefficient (Wildman–Crippen LogP) is 5.21. The number of fused-ring (bicyclic) bond motifs is 2. The molecule has 0 spiro atoms. The summed E-state index contributed by atoms with van der Waals surface area (Å²) in [5.74, 6) is -0.0120. The minimum absolute atomic E-state index is 0.00121. The molecule has 0 aliphatic heterocycles. The van der Waals surface area contributed by atoms with Crippen molar-refractivity contribution in [3.63, 3.8) is 0 Å². The van der Waals surface area contributed by atoms with Crippen molar-refractivity contribution >= 4 is 16.7 Å². The van der Waals surface area contributed by atoms with Gasteiger partial charge in [0, 0.05) is 5.56 Å². The lowest BCUT2D eigenvalue weighted by molar-refractivity contribution is 0.0941. The first-order valence-corrected chi connectivity index (χ1v) is 9.13. The number of carbonyl (C=O) groups is 1. The van der Waals surface area contributed by atoms with Crippen LogP contribution in [0.5, 0.6) is 0 Å². The summed E-state index contributed by atoms with van der Waals surface area (Å²) in [6.07, 6.45) is 4.91. The first kappa shape index (κ1) is 15.9. The lowest BCUT2D eigenvalue weighted by atomic mass is 9.89. The fraction of sp³-hybridized carbons (Fsp3) is 0.261. The summed E-state index contributed by atoms with van der Waals surface area (Å²) in [5.41, 5.74) is 4.86. The minimum Gasteiger partial charge on any atom is -0.345 e. The van der Waals surface area contributed by atoms with Crippen LogP contribution < -0.4 is 5.32 Å². The molecular weight excluding hydrogens is 306 g/mol. The van der Waals surface area contributed by atoms with Crippen LogP contribution in [0.3, 0.4) is 0 Å². The van der Waals surface area contributed by atoms with E-state index < -0.39 is 0 Å².